The van der Waals surface area contributed by atoms with Crippen LogP contribution in [0.3, 0.4) is 0 Å². The van der Waals surface area contributed by atoms with E-state index in [9.17, 15) is 9.59 Å². The lowest BCUT2D eigenvalue weighted by Crippen LogP contribution is -2.36. The highest BCUT2D eigenvalue weighted by Gasteiger charge is 2.37. The smallest absolute Gasteiger partial charge is 0.293 e. The van der Waals surface area contributed by atoms with Gasteiger partial charge in [-0.25, -0.2) is 0 Å². The second-order valence-corrected chi connectivity index (χ2v) is 9.18. The van der Waals surface area contributed by atoms with Crippen molar-refractivity contribution >= 4 is 60.8 Å². The van der Waals surface area contributed by atoms with Crippen LogP contribution < -0.4 is 4.74 Å². The highest BCUT2D eigenvalue weighted by atomic mass is 79.9. The molecular formula is C21H19Br2NO3S. The van der Waals surface area contributed by atoms with E-state index in [4.69, 9.17) is 4.74 Å². The number of carbonyl (C=O) groups is 2. The molecule has 0 aliphatic carbocycles. The second kappa shape index (κ2) is 9.29. The van der Waals surface area contributed by atoms with Gasteiger partial charge in [0.15, 0.2) is 0 Å². The van der Waals surface area contributed by atoms with Crippen LogP contribution in [0.15, 0.2) is 56.3 Å². The molecule has 0 N–H and O–H groups in total. The maximum atomic E-state index is 12.5. The van der Waals surface area contributed by atoms with Gasteiger partial charge in [0.1, 0.15) is 12.4 Å². The number of ether oxygens (including phenoxy) is 1. The number of nitrogens with zero attached hydrogens (tertiary/aromatic N) is 1. The van der Waals surface area contributed by atoms with Crippen molar-refractivity contribution in [2.24, 2.45) is 0 Å². The fourth-order valence-corrected chi connectivity index (χ4v) is 4.36. The Hall–Kier alpha value is -1.57. The minimum atomic E-state index is -0.226. The monoisotopic (exact) mass is 523 g/mol. The second-order valence-electron chi connectivity index (χ2n) is 6.41. The Labute approximate surface area is 185 Å². The molecule has 2 amide bonds. The number of imide groups is 1. The molecule has 0 radical (unpaired) electrons. The van der Waals surface area contributed by atoms with E-state index in [0.29, 0.717) is 17.3 Å². The molecule has 3 rings (SSSR count). The van der Waals surface area contributed by atoms with Crippen molar-refractivity contribution in [3.05, 3.63) is 67.4 Å². The molecule has 1 atom stereocenters. The molecule has 1 aliphatic heterocycles. The van der Waals surface area contributed by atoms with Crippen molar-refractivity contribution in [2.45, 2.75) is 32.9 Å². The molecule has 0 saturated carbocycles. The number of amides is 2. The van der Waals surface area contributed by atoms with Gasteiger partial charge in [-0.05, 0) is 82.5 Å². The van der Waals surface area contributed by atoms with Crippen LogP contribution in [0.1, 0.15) is 31.4 Å². The molecule has 7 heteroatoms. The molecule has 28 heavy (non-hydrogen) atoms. The zero-order valence-corrected chi connectivity index (χ0v) is 19.4. The zero-order valence-electron chi connectivity index (χ0n) is 15.4. The van der Waals surface area contributed by atoms with Crippen LogP contribution >= 0.6 is 43.6 Å². The summed E-state index contributed by atoms with van der Waals surface area (Å²) < 4.78 is 7.69. The third-order valence-corrected chi connectivity index (χ3v) is 6.45. The van der Waals surface area contributed by atoms with Crippen LogP contribution in [-0.4, -0.2) is 22.1 Å². The standard InChI is InChI=1S/C21H19Br2NO3S/c1-3-13(2)24-20(25)19(28-21(24)26)11-15-6-9-18(17(23)10-15)27-12-14-4-7-16(22)8-5-14/h4-11,13H,3,12H2,1-2H3/b19-11+/t13-/m0/s1. The van der Waals surface area contributed by atoms with Crippen molar-refractivity contribution in [1.29, 1.82) is 0 Å². The van der Waals surface area contributed by atoms with E-state index in [-0.39, 0.29) is 17.2 Å². The van der Waals surface area contributed by atoms with Gasteiger partial charge in [-0.3, -0.25) is 14.5 Å². The molecule has 1 fully saturated rings. The van der Waals surface area contributed by atoms with Crippen LogP contribution in [0.2, 0.25) is 0 Å². The average molecular weight is 525 g/mol. The summed E-state index contributed by atoms with van der Waals surface area (Å²) in [5, 5.41) is -0.209. The van der Waals surface area contributed by atoms with Crippen LogP contribution in [0.4, 0.5) is 4.79 Å². The van der Waals surface area contributed by atoms with Gasteiger partial charge in [-0.15, -0.1) is 0 Å². The number of carbonyl (C=O) groups excluding carboxylic acids is 2. The van der Waals surface area contributed by atoms with Gasteiger partial charge in [-0.2, -0.15) is 0 Å². The Bertz CT molecular complexity index is 928. The lowest BCUT2D eigenvalue weighted by Gasteiger charge is -2.19. The first-order valence-electron chi connectivity index (χ1n) is 8.83. The van der Waals surface area contributed by atoms with Crippen molar-refractivity contribution in [2.75, 3.05) is 0 Å². The van der Waals surface area contributed by atoms with E-state index in [0.717, 1.165) is 38.3 Å². The summed E-state index contributed by atoms with van der Waals surface area (Å²) >= 11 is 7.93. The Balaban J connectivity index is 1.72. The summed E-state index contributed by atoms with van der Waals surface area (Å²) in [5.41, 5.74) is 1.90. The summed E-state index contributed by atoms with van der Waals surface area (Å²) in [5.74, 6) is 0.490. The first kappa shape index (κ1) is 21.1. The fraction of sp³-hybridized carbons (Fsp3) is 0.238. The third-order valence-electron chi connectivity index (χ3n) is 4.42. The molecule has 4 nitrogen and oxygen atoms in total. The number of halogens is 2. The molecular weight excluding hydrogens is 506 g/mol. The summed E-state index contributed by atoms with van der Waals surface area (Å²) in [6.07, 6.45) is 2.48. The fourth-order valence-electron chi connectivity index (χ4n) is 2.66. The van der Waals surface area contributed by atoms with E-state index in [1.54, 1.807) is 6.08 Å². The van der Waals surface area contributed by atoms with Gasteiger partial charge in [0.05, 0.1) is 9.38 Å². The summed E-state index contributed by atoms with van der Waals surface area (Å²) in [6, 6.07) is 13.5. The minimum Gasteiger partial charge on any atom is -0.488 e. The highest BCUT2D eigenvalue weighted by Crippen LogP contribution is 2.35. The van der Waals surface area contributed by atoms with Gasteiger partial charge in [0.2, 0.25) is 0 Å². The molecule has 146 valence electrons. The predicted octanol–water partition coefficient (Wildman–Crippen LogP) is 6.63. The largest absolute Gasteiger partial charge is 0.488 e. The highest BCUT2D eigenvalue weighted by molar-refractivity contribution is 9.10. The Morgan fingerprint density at radius 1 is 1.14 bits per heavy atom. The maximum absolute atomic E-state index is 12.5. The van der Waals surface area contributed by atoms with Gasteiger partial charge in [0, 0.05) is 10.5 Å². The SMILES string of the molecule is CC[C@H](C)N1C(=O)S/C(=C/c2ccc(OCc3ccc(Br)cc3)c(Br)c2)C1=O. The molecule has 1 saturated heterocycles. The molecule has 0 unspecified atom stereocenters. The number of thioether (sulfide) groups is 1. The topological polar surface area (TPSA) is 46.6 Å². The Morgan fingerprint density at radius 2 is 1.86 bits per heavy atom. The van der Waals surface area contributed by atoms with Crippen molar-refractivity contribution in [1.82, 2.24) is 4.90 Å². The lowest BCUT2D eigenvalue weighted by atomic mass is 10.2. The number of hydrogen-bond donors (Lipinski definition) is 0. The van der Waals surface area contributed by atoms with E-state index >= 15 is 0 Å². The molecule has 0 bridgehead atoms. The Kier molecular flexibility index (Phi) is 7.01. The molecule has 0 spiro atoms. The van der Waals surface area contributed by atoms with E-state index < -0.39 is 0 Å². The van der Waals surface area contributed by atoms with Gasteiger partial charge in [-0.1, -0.05) is 41.1 Å². The number of rotatable bonds is 6. The first-order chi connectivity index (χ1) is 13.4. The number of hydrogen-bond acceptors (Lipinski definition) is 4. The van der Waals surface area contributed by atoms with Crippen molar-refractivity contribution in [3.63, 3.8) is 0 Å². The van der Waals surface area contributed by atoms with Crippen molar-refractivity contribution < 1.29 is 14.3 Å². The minimum absolute atomic E-state index is 0.0977. The summed E-state index contributed by atoms with van der Waals surface area (Å²) in [7, 11) is 0. The van der Waals surface area contributed by atoms with E-state index in [1.165, 1.54) is 4.90 Å². The average Bonchev–Trinajstić information content (AvgIpc) is 2.95. The van der Waals surface area contributed by atoms with Crippen LogP contribution in [0, 0.1) is 0 Å². The first-order valence-corrected chi connectivity index (χ1v) is 11.2. The summed E-state index contributed by atoms with van der Waals surface area (Å²) in [6.45, 7) is 4.30. The molecule has 1 aliphatic rings. The quantitative estimate of drug-likeness (QED) is 0.398. The van der Waals surface area contributed by atoms with E-state index in [2.05, 4.69) is 31.9 Å². The molecule has 1 heterocycles. The Morgan fingerprint density at radius 3 is 2.50 bits per heavy atom. The van der Waals surface area contributed by atoms with Crippen molar-refractivity contribution in [3.8, 4) is 5.75 Å². The predicted molar refractivity (Wildman–Crippen MR) is 120 cm³/mol. The molecule has 2 aromatic rings. The van der Waals surface area contributed by atoms with E-state index in [1.807, 2.05) is 56.3 Å². The number of benzene rings is 2. The van der Waals surface area contributed by atoms with Gasteiger partial charge in [0.25, 0.3) is 11.1 Å². The van der Waals surface area contributed by atoms with Gasteiger partial charge >= 0.3 is 0 Å². The third kappa shape index (κ3) is 4.88. The van der Waals surface area contributed by atoms with Crippen LogP contribution in [0.25, 0.3) is 6.08 Å². The van der Waals surface area contributed by atoms with Crippen LogP contribution in [-0.2, 0) is 11.4 Å². The normalized spacial score (nSPS) is 16.7. The lowest BCUT2D eigenvalue weighted by molar-refractivity contribution is -0.124. The zero-order chi connectivity index (χ0) is 20.3. The molecule has 0 aromatic heterocycles. The summed E-state index contributed by atoms with van der Waals surface area (Å²) in [4.78, 5) is 26.5. The maximum Gasteiger partial charge on any atom is 0.293 e. The van der Waals surface area contributed by atoms with Crippen LogP contribution in [0.5, 0.6) is 5.75 Å². The molecule has 2 aromatic carbocycles. The van der Waals surface area contributed by atoms with Gasteiger partial charge < -0.3 is 4.74 Å².